The number of carboxylic acids is 1. The molecule has 0 spiro atoms. The van der Waals surface area contributed by atoms with E-state index in [1.807, 2.05) is 0 Å². The minimum atomic E-state index is -1.08. The molecular weight excluding hydrogens is 257 g/mol. The van der Waals surface area contributed by atoms with E-state index in [9.17, 15) is 9.18 Å². The van der Waals surface area contributed by atoms with Crippen LogP contribution in [0.1, 0.15) is 21.8 Å². The summed E-state index contributed by atoms with van der Waals surface area (Å²) in [6.07, 6.45) is 0. The second-order valence-corrected chi connectivity index (χ2v) is 4.69. The number of thioether (sulfide) groups is 1. The highest BCUT2D eigenvalue weighted by molar-refractivity contribution is 7.98. The van der Waals surface area contributed by atoms with Gasteiger partial charge in [-0.3, -0.25) is 0 Å². The molecule has 0 atom stereocenters. The molecule has 94 valence electrons. The Kier molecular flexibility index (Phi) is 3.66. The van der Waals surface area contributed by atoms with Gasteiger partial charge in [0, 0.05) is 11.0 Å². The lowest BCUT2D eigenvalue weighted by atomic mass is 10.2. The monoisotopic (exact) mass is 267 g/mol. The van der Waals surface area contributed by atoms with Crippen molar-refractivity contribution in [3.8, 4) is 0 Å². The number of halogens is 1. The van der Waals surface area contributed by atoms with Crippen molar-refractivity contribution in [2.75, 3.05) is 0 Å². The van der Waals surface area contributed by atoms with Crippen molar-refractivity contribution in [1.82, 2.24) is 5.16 Å². The summed E-state index contributed by atoms with van der Waals surface area (Å²) >= 11 is 1.17. The van der Waals surface area contributed by atoms with Crippen LogP contribution in [0.2, 0.25) is 0 Å². The Morgan fingerprint density at radius 2 is 2.28 bits per heavy atom. The quantitative estimate of drug-likeness (QED) is 0.862. The molecule has 1 N–H and O–H groups in total. The first-order valence-electron chi connectivity index (χ1n) is 5.14. The topological polar surface area (TPSA) is 63.3 Å². The minimum absolute atomic E-state index is 0.0626. The summed E-state index contributed by atoms with van der Waals surface area (Å²) in [7, 11) is 0. The van der Waals surface area contributed by atoms with Gasteiger partial charge < -0.3 is 9.63 Å². The van der Waals surface area contributed by atoms with E-state index in [4.69, 9.17) is 9.63 Å². The molecule has 0 amide bonds. The average Bonchev–Trinajstić information content (AvgIpc) is 2.74. The fourth-order valence-corrected chi connectivity index (χ4v) is 2.23. The number of carbonyl (C=O) groups is 1. The number of nitrogens with zero attached hydrogens (tertiary/aromatic N) is 1. The smallest absolute Gasteiger partial charge is 0.335 e. The average molecular weight is 267 g/mol. The summed E-state index contributed by atoms with van der Waals surface area (Å²) in [5.41, 5.74) is 0.818. The fraction of sp³-hybridized carbons (Fsp3) is 0.167. The van der Waals surface area contributed by atoms with E-state index in [-0.39, 0.29) is 10.5 Å². The molecule has 0 aliphatic rings. The Labute approximate surface area is 107 Å². The van der Waals surface area contributed by atoms with Crippen LogP contribution < -0.4 is 0 Å². The summed E-state index contributed by atoms with van der Waals surface area (Å²) in [5, 5.41) is 12.5. The highest BCUT2D eigenvalue weighted by Crippen LogP contribution is 2.26. The predicted octanol–water partition coefficient (Wildman–Crippen LogP) is 3.11. The SMILES string of the molecule is Cc1cc(CSc2cc(C(=O)O)ccc2F)on1. The molecule has 0 saturated carbocycles. The van der Waals surface area contributed by atoms with Gasteiger partial charge in [0.05, 0.1) is 17.0 Å². The third kappa shape index (κ3) is 2.89. The molecule has 0 fully saturated rings. The molecule has 0 bridgehead atoms. The van der Waals surface area contributed by atoms with Crippen LogP contribution in [0.4, 0.5) is 4.39 Å². The summed E-state index contributed by atoms with van der Waals surface area (Å²) in [5.74, 6) is -0.493. The maximum Gasteiger partial charge on any atom is 0.335 e. The van der Waals surface area contributed by atoms with Crippen molar-refractivity contribution in [3.05, 3.63) is 47.1 Å². The summed E-state index contributed by atoms with van der Waals surface area (Å²) < 4.78 is 18.5. The zero-order chi connectivity index (χ0) is 13.1. The molecule has 0 radical (unpaired) electrons. The van der Waals surface area contributed by atoms with Crippen molar-refractivity contribution in [1.29, 1.82) is 0 Å². The lowest BCUT2D eigenvalue weighted by Crippen LogP contribution is -1.97. The number of hydrogen-bond donors (Lipinski definition) is 1. The first-order chi connectivity index (χ1) is 8.56. The summed E-state index contributed by atoms with van der Waals surface area (Å²) in [6, 6.07) is 5.45. The number of aryl methyl sites for hydroxylation is 1. The number of aromatic carboxylic acids is 1. The molecule has 0 aliphatic carbocycles. The van der Waals surface area contributed by atoms with Crippen molar-refractivity contribution in [2.24, 2.45) is 0 Å². The van der Waals surface area contributed by atoms with Crippen LogP contribution in [0, 0.1) is 12.7 Å². The lowest BCUT2D eigenvalue weighted by Gasteiger charge is -2.02. The predicted molar refractivity (Wildman–Crippen MR) is 64.2 cm³/mol. The van der Waals surface area contributed by atoms with Gasteiger partial charge in [-0.05, 0) is 25.1 Å². The van der Waals surface area contributed by atoms with Crippen LogP contribution in [0.3, 0.4) is 0 Å². The Morgan fingerprint density at radius 3 is 2.89 bits per heavy atom. The molecule has 0 saturated heterocycles. The molecule has 1 aromatic carbocycles. The van der Waals surface area contributed by atoms with Gasteiger partial charge >= 0.3 is 5.97 Å². The minimum Gasteiger partial charge on any atom is -0.478 e. The van der Waals surface area contributed by atoms with Gasteiger partial charge in [-0.25, -0.2) is 9.18 Å². The van der Waals surface area contributed by atoms with Crippen LogP contribution >= 0.6 is 11.8 Å². The van der Waals surface area contributed by atoms with Gasteiger partial charge in [0.2, 0.25) is 0 Å². The highest BCUT2D eigenvalue weighted by Gasteiger charge is 2.10. The second kappa shape index (κ2) is 5.22. The Balaban J connectivity index is 2.13. The van der Waals surface area contributed by atoms with E-state index < -0.39 is 11.8 Å². The molecular formula is C12H10FNO3S. The molecule has 1 heterocycles. The van der Waals surface area contributed by atoms with Crippen molar-refractivity contribution >= 4 is 17.7 Å². The van der Waals surface area contributed by atoms with Gasteiger partial charge in [-0.15, -0.1) is 11.8 Å². The normalized spacial score (nSPS) is 10.6. The fourth-order valence-electron chi connectivity index (χ4n) is 1.38. The van der Waals surface area contributed by atoms with Crippen LogP contribution in [0.15, 0.2) is 33.7 Å². The zero-order valence-corrected chi connectivity index (χ0v) is 10.3. The van der Waals surface area contributed by atoms with E-state index in [1.54, 1.807) is 13.0 Å². The van der Waals surface area contributed by atoms with Gasteiger partial charge in [-0.1, -0.05) is 5.16 Å². The molecule has 2 aromatic rings. The van der Waals surface area contributed by atoms with Crippen LogP contribution in [0.5, 0.6) is 0 Å². The molecule has 18 heavy (non-hydrogen) atoms. The Bertz CT molecular complexity index is 582. The van der Waals surface area contributed by atoms with E-state index in [2.05, 4.69) is 5.16 Å². The zero-order valence-electron chi connectivity index (χ0n) is 9.51. The number of carboxylic acid groups (broad SMARTS) is 1. The van der Waals surface area contributed by atoms with E-state index in [1.165, 1.54) is 23.9 Å². The molecule has 1 aromatic heterocycles. The van der Waals surface area contributed by atoms with E-state index in [0.717, 1.165) is 11.8 Å². The van der Waals surface area contributed by atoms with Crippen molar-refractivity contribution < 1.29 is 18.8 Å². The maximum absolute atomic E-state index is 13.5. The Morgan fingerprint density at radius 1 is 1.50 bits per heavy atom. The van der Waals surface area contributed by atoms with Gasteiger partial charge in [0.1, 0.15) is 11.6 Å². The standard InChI is InChI=1S/C12H10FNO3S/c1-7-4-9(17-14-7)6-18-11-5-8(12(15)16)2-3-10(11)13/h2-5H,6H2,1H3,(H,15,16). The molecule has 0 aliphatic heterocycles. The third-order valence-corrected chi connectivity index (χ3v) is 3.28. The number of rotatable bonds is 4. The first kappa shape index (κ1) is 12.6. The summed E-state index contributed by atoms with van der Waals surface area (Å²) in [4.78, 5) is 11.1. The maximum atomic E-state index is 13.5. The highest BCUT2D eigenvalue weighted by atomic mass is 32.2. The van der Waals surface area contributed by atoms with Crippen LogP contribution in [0.25, 0.3) is 0 Å². The van der Waals surface area contributed by atoms with E-state index >= 15 is 0 Å². The van der Waals surface area contributed by atoms with Crippen molar-refractivity contribution in [2.45, 2.75) is 17.6 Å². The largest absolute Gasteiger partial charge is 0.478 e. The number of benzene rings is 1. The number of hydrogen-bond acceptors (Lipinski definition) is 4. The Hall–Kier alpha value is -1.82. The van der Waals surface area contributed by atoms with Crippen LogP contribution in [-0.2, 0) is 5.75 Å². The molecule has 2 rings (SSSR count). The van der Waals surface area contributed by atoms with Gasteiger partial charge in [-0.2, -0.15) is 0 Å². The van der Waals surface area contributed by atoms with Gasteiger partial charge in [0.15, 0.2) is 0 Å². The van der Waals surface area contributed by atoms with Gasteiger partial charge in [0.25, 0.3) is 0 Å². The van der Waals surface area contributed by atoms with Crippen LogP contribution in [-0.4, -0.2) is 16.2 Å². The molecule has 4 nitrogen and oxygen atoms in total. The molecule has 0 unspecified atom stereocenters. The second-order valence-electron chi connectivity index (χ2n) is 3.67. The van der Waals surface area contributed by atoms with Crippen molar-refractivity contribution in [3.63, 3.8) is 0 Å². The third-order valence-electron chi connectivity index (χ3n) is 2.22. The first-order valence-corrected chi connectivity index (χ1v) is 6.12. The van der Waals surface area contributed by atoms with E-state index in [0.29, 0.717) is 11.5 Å². The molecule has 6 heteroatoms. The lowest BCUT2D eigenvalue weighted by molar-refractivity contribution is 0.0696. The number of aromatic nitrogens is 1. The summed E-state index contributed by atoms with van der Waals surface area (Å²) in [6.45, 7) is 1.79.